The Morgan fingerprint density at radius 2 is 1.52 bits per heavy atom. The summed E-state index contributed by atoms with van der Waals surface area (Å²) < 4.78 is 3.94. The van der Waals surface area contributed by atoms with Gasteiger partial charge in [0, 0.05) is 56.7 Å². The normalized spacial score (nSPS) is 15.4. The third-order valence-electron chi connectivity index (χ3n) is 5.94. The molecule has 4 aromatic rings. The lowest BCUT2D eigenvalue weighted by Crippen LogP contribution is -2.46. The van der Waals surface area contributed by atoms with Crippen molar-refractivity contribution in [2.75, 3.05) is 37.6 Å². The van der Waals surface area contributed by atoms with Gasteiger partial charge in [0.25, 0.3) is 5.56 Å². The molecule has 29 heavy (non-hydrogen) atoms. The molecule has 0 saturated carbocycles. The number of hydrogen-bond acceptors (Lipinski definition) is 3. The van der Waals surface area contributed by atoms with Crippen molar-refractivity contribution < 1.29 is 4.98 Å². The average molecular weight is 388 g/mol. The Bertz CT molecular complexity index is 1170. The highest BCUT2D eigenvalue weighted by atomic mass is 16.1. The summed E-state index contributed by atoms with van der Waals surface area (Å²) in [5.41, 5.74) is 4.21. The molecular weight excluding hydrogens is 362 g/mol. The summed E-state index contributed by atoms with van der Waals surface area (Å²) in [7, 11) is 0. The van der Waals surface area contributed by atoms with Crippen LogP contribution in [0.15, 0.2) is 71.9 Å². The summed E-state index contributed by atoms with van der Waals surface area (Å²) in [5, 5.41) is 0. The van der Waals surface area contributed by atoms with E-state index in [-0.39, 0.29) is 5.56 Å². The van der Waals surface area contributed by atoms with Crippen LogP contribution < -0.4 is 15.4 Å². The molecule has 5 rings (SSSR count). The number of benzene rings is 1. The van der Waals surface area contributed by atoms with E-state index in [0.29, 0.717) is 0 Å². The number of aromatic nitrogens is 3. The Morgan fingerprint density at radius 3 is 2.31 bits per heavy atom. The molecule has 0 radical (unpaired) electrons. The van der Waals surface area contributed by atoms with Crippen molar-refractivity contribution in [3.63, 3.8) is 0 Å². The van der Waals surface area contributed by atoms with E-state index in [1.54, 1.807) is 0 Å². The van der Waals surface area contributed by atoms with Crippen molar-refractivity contribution in [2.24, 2.45) is 0 Å². The molecule has 1 N–H and O–H groups in total. The minimum atomic E-state index is 0.0967. The van der Waals surface area contributed by atoms with Gasteiger partial charge in [0.1, 0.15) is 5.52 Å². The second kappa shape index (κ2) is 7.72. The van der Waals surface area contributed by atoms with Crippen LogP contribution in [0.5, 0.6) is 0 Å². The molecule has 4 heterocycles. The Hall–Kier alpha value is -3.12. The minimum absolute atomic E-state index is 0.0967. The summed E-state index contributed by atoms with van der Waals surface area (Å²) in [6.07, 6.45) is 6.89. The fourth-order valence-electron chi connectivity index (χ4n) is 4.40. The van der Waals surface area contributed by atoms with Crippen molar-refractivity contribution in [3.05, 3.63) is 77.5 Å². The molecule has 148 valence electrons. The number of rotatable bonds is 5. The van der Waals surface area contributed by atoms with Crippen LogP contribution in [0.2, 0.25) is 0 Å². The lowest BCUT2D eigenvalue weighted by Gasteiger charge is -2.35. The Morgan fingerprint density at radius 1 is 0.793 bits per heavy atom. The minimum Gasteiger partial charge on any atom is -0.369 e. The zero-order valence-electron chi connectivity index (χ0n) is 16.5. The number of nitrogens with one attached hydrogen (secondary N) is 1. The van der Waals surface area contributed by atoms with Crippen LogP contribution in [0.1, 0.15) is 6.42 Å². The van der Waals surface area contributed by atoms with E-state index in [9.17, 15) is 4.79 Å². The van der Waals surface area contributed by atoms with E-state index in [1.165, 1.54) is 5.69 Å². The number of pyridine rings is 1. The second-order valence-electron chi connectivity index (χ2n) is 7.65. The first kappa shape index (κ1) is 17.9. The highest BCUT2D eigenvalue weighted by Crippen LogP contribution is 2.16. The van der Waals surface area contributed by atoms with E-state index in [2.05, 4.69) is 33.0 Å². The summed E-state index contributed by atoms with van der Waals surface area (Å²) in [6, 6.07) is 16.3. The summed E-state index contributed by atoms with van der Waals surface area (Å²) in [5.74, 6) is 0. The van der Waals surface area contributed by atoms with Gasteiger partial charge in [0.05, 0.1) is 11.0 Å². The van der Waals surface area contributed by atoms with Gasteiger partial charge >= 0.3 is 0 Å². The molecule has 1 aromatic carbocycles. The SMILES string of the molecule is O=c1c2cccn2c2ccccc2n1CCCN1CCN(c2cc[nH+]cc2)CC1. The van der Waals surface area contributed by atoms with Crippen LogP contribution in [-0.4, -0.2) is 46.6 Å². The number of fused-ring (bicyclic) bond motifs is 3. The van der Waals surface area contributed by atoms with Gasteiger partial charge in [0.15, 0.2) is 12.4 Å². The van der Waals surface area contributed by atoms with Gasteiger partial charge in [-0.05, 0) is 37.2 Å². The first-order chi connectivity index (χ1) is 14.3. The maximum atomic E-state index is 13.0. The summed E-state index contributed by atoms with van der Waals surface area (Å²) >= 11 is 0. The van der Waals surface area contributed by atoms with Crippen LogP contribution in [0.25, 0.3) is 16.6 Å². The number of aryl methyl sites for hydroxylation is 1. The number of anilines is 1. The fraction of sp³-hybridized carbons (Fsp3) is 0.304. The number of hydrogen-bond donors (Lipinski definition) is 0. The maximum Gasteiger partial charge on any atom is 0.275 e. The smallest absolute Gasteiger partial charge is 0.275 e. The molecule has 1 fully saturated rings. The van der Waals surface area contributed by atoms with Crippen LogP contribution in [0.3, 0.4) is 0 Å². The molecule has 0 aliphatic carbocycles. The predicted molar refractivity (Wildman–Crippen MR) is 115 cm³/mol. The number of piperazine rings is 1. The third kappa shape index (κ3) is 3.40. The third-order valence-corrected chi connectivity index (χ3v) is 5.94. The molecule has 1 aliphatic rings. The molecule has 6 nitrogen and oxygen atoms in total. The van der Waals surface area contributed by atoms with Gasteiger partial charge < -0.3 is 13.9 Å². The maximum absolute atomic E-state index is 13.0. The number of para-hydroxylation sites is 2. The molecular formula is C23H26N5O+. The number of aromatic amines is 1. The molecule has 0 atom stereocenters. The molecule has 0 bridgehead atoms. The van der Waals surface area contributed by atoms with Gasteiger partial charge in [-0.15, -0.1) is 0 Å². The summed E-state index contributed by atoms with van der Waals surface area (Å²) in [4.78, 5) is 21.0. The highest BCUT2D eigenvalue weighted by Gasteiger charge is 2.17. The monoisotopic (exact) mass is 388 g/mol. The lowest BCUT2D eigenvalue weighted by molar-refractivity contribution is -0.377. The zero-order valence-corrected chi connectivity index (χ0v) is 16.5. The number of H-pyrrole nitrogens is 1. The predicted octanol–water partition coefficient (Wildman–Crippen LogP) is 2.28. The zero-order chi connectivity index (χ0) is 19.6. The van der Waals surface area contributed by atoms with Crippen LogP contribution in [0.4, 0.5) is 5.69 Å². The van der Waals surface area contributed by atoms with E-state index < -0.39 is 0 Å². The molecule has 0 spiro atoms. The molecule has 0 unspecified atom stereocenters. The van der Waals surface area contributed by atoms with Crippen LogP contribution >= 0.6 is 0 Å². The van der Waals surface area contributed by atoms with Crippen molar-refractivity contribution in [1.29, 1.82) is 0 Å². The Labute approximate surface area is 169 Å². The van der Waals surface area contributed by atoms with E-state index in [4.69, 9.17) is 0 Å². The topological polar surface area (TPSA) is 47.0 Å². The van der Waals surface area contributed by atoms with Crippen molar-refractivity contribution >= 4 is 22.2 Å². The van der Waals surface area contributed by atoms with Gasteiger partial charge in [-0.2, -0.15) is 0 Å². The first-order valence-corrected chi connectivity index (χ1v) is 10.3. The van der Waals surface area contributed by atoms with Crippen LogP contribution in [0, 0.1) is 0 Å². The molecule has 6 heteroatoms. The van der Waals surface area contributed by atoms with Gasteiger partial charge in [0.2, 0.25) is 0 Å². The Kier molecular flexibility index (Phi) is 4.77. The van der Waals surface area contributed by atoms with E-state index >= 15 is 0 Å². The largest absolute Gasteiger partial charge is 0.369 e. The van der Waals surface area contributed by atoms with Gasteiger partial charge in [-0.25, -0.2) is 4.98 Å². The standard InChI is InChI=1S/C23H25N5O/c29-23-22-7-3-13-27(22)20-5-1-2-6-21(20)28(23)14-4-12-25-15-17-26(18-16-25)19-8-10-24-11-9-19/h1-3,5-11,13H,4,12,14-18H2/p+1. The van der Waals surface area contributed by atoms with E-state index in [0.717, 1.165) is 62.2 Å². The quantitative estimate of drug-likeness (QED) is 0.527. The molecule has 1 aliphatic heterocycles. The second-order valence-corrected chi connectivity index (χ2v) is 7.65. The molecule has 3 aromatic heterocycles. The summed E-state index contributed by atoms with van der Waals surface area (Å²) in [6.45, 7) is 5.98. The van der Waals surface area contributed by atoms with Crippen LogP contribution in [-0.2, 0) is 6.54 Å². The van der Waals surface area contributed by atoms with Gasteiger partial charge in [-0.1, -0.05) is 12.1 Å². The molecule has 0 amide bonds. The molecule has 1 saturated heterocycles. The Balaban J connectivity index is 1.26. The number of nitrogens with zero attached hydrogens (tertiary/aromatic N) is 4. The van der Waals surface area contributed by atoms with Gasteiger partial charge in [-0.3, -0.25) is 9.69 Å². The van der Waals surface area contributed by atoms with Crippen molar-refractivity contribution in [1.82, 2.24) is 13.9 Å². The average Bonchev–Trinajstić information content (AvgIpc) is 3.28. The highest BCUT2D eigenvalue weighted by molar-refractivity contribution is 5.79. The van der Waals surface area contributed by atoms with E-state index in [1.807, 2.05) is 57.9 Å². The lowest BCUT2D eigenvalue weighted by atomic mass is 10.2. The fourth-order valence-corrected chi connectivity index (χ4v) is 4.40. The first-order valence-electron chi connectivity index (χ1n) is 10.3. The van der Waals surface area contributed by atoms with Crippen molar-refractivity contribution in [2.45, 2.75) is 13.0 Å². The van der Waals surface area contributed by atoms with Crippen molar-refractivity contribution in [3.8, 4) is 0 Å².